The summed E-state index contributed by atoms with van der Waals surface area (Å²) >= 11 is 0. The Labute approximate surface area is 81.3 Å². The first-order chi connectivity index (χ1) is 6.72. The molecule has 0 unspecified atom stereocenters. The molecule has 1 aliphatic rings. The predicted octanol–water partition coefficient (Wildman–Crippen LogP) is 0.740. The van der Waals surface area contributed by atoms with Gasteiger partial charge in [-0.2, -0.15) is 0 Å². The van der Waals surface area contributed by atoms with Crippen molar-refractivity contribution in [3.05, 3.63) is 35.1 Å². The fraction of sp³-hybridized carbons (Fsp3) is 0.300. The van der Waals surface area contributed by atoms with Gasteiger partial charge >= 0.3 is 0 Å². The molecule has 2 rings (SSSR count). The maximum Gasteiger partial charge on any atom is 0.254 e. The molecule has 0 fully saturated rings. The highest BCUT2D eigenvalue weighted by atomic mass is 19.1. The monoisotopic (exact) mass is 194 g/mol. The minimum Gasteiger partial charge on any atom is -0.333 e. The molecule has 4 heteroatoms. The van der Waals surface area contributed by atoms with Gasteiger partial charge in [-0.05, 0) is 23.8 Å². The first-order valence-corrected chi connectivity index (χ1v) is 4.50. The zero-order valence-electron chi connectivity index (χ0n) is 7.66. The summed E-state index contributed by atoms with van der Waals surface area (Å²) in [5.41, 5.74) is 6.72. The number of carbonyl (C=O) groups excluding carboxylic acids is 1. The summed E-state index contributed by atoms with van der Waals surface area (Å²) in [5, 5.41) is 0. The van der Waals surface area contributed by atoms with Crippen LogP contribution in [0.25, 0.3) is 0 Å². The lowest BCUT2D eigenvalue weighted by atomic mass is 10.1. The first kappa shape index (κ1) is 9.15. The quantitative estimate of drug-likeness (QED) is 0.754. The van der Waals surface area contributed by atoms with Gasteiger partial charge in [0.1, 0.15) is 5.82 Å². The summed E-state index contributed by atoms with van der Waals surface area (Å²) in [7, 11) is 0. The van der Waals surface area contributed by atoms with Gasteiger partial charge in [0.15, 0.2) is 0 Å². The number of nitrogens with two attached hydrogens (primary N) is 1. The molecule has 0 spiro atoms. The van der Waals surface area contributed by atoms with E-state index in [0.717, 1.165) is 5.56 Å². The van der Waals surface area contributed by atoms with Crippen LogP contribution in [0.2, 0.25) is 0 Å². The van der Waals surface area contributed by atoms with Crippen molar-refractivity contribution in [1.82, 2.24) is 4.90 Å². The summed E-state index contributed by atoms with van der Waals surface area (Å²) in [6.07, 6.45) is 0. The Morgan fingerprint density at radius 1 is 1.50 bits per heavy atom. The van der Waals surface area contributed by atoms with Gasteiger partial charge in [-0.3, -0.25) is 4.79 Å². The molecule has 14 heavy (non-hydrogen) atoms. The molecule has 1 amide bonds. The third-order valence-electron chi connectivity index (χ3n) is 2.35. The number of nitrogens with zero attached hydrogens (tertiary/aromatic N) is 1. The smallest absolute Gasteiger partial charge is 0.254 e. The number of fused-ring (bicyclic) bond motifs is 1. The summed E-state index contributed by atoms with van der Waals surface area (Å²) in [6, 6.07) is 4.25. The summed E-state index contributed by atoms with van der Waals surface area (Å²) in [6.45, 7) is 1.43. The van der Waals surface area contributed by atoms with Crippen LogP contribution in [0, 0.1) is 5.82 Å². The topological polar surface area (TPSA) is 46.3 Å². The van der Waals surface area contributed by atoms with E-state index in [1.807, 2.05) is 0 Å². The maximum atomic E-state index is 12.8. The van der Waals surface area contributed by atoms with Crippen molar-refractivity contribution in [2.75, 3.05) is 13.1 Å². The Hall–Kier alpha value is -1.42. The lowest BCUT2D eigenvalue weighted by Gasteiger charge is -2.13. The molecule has 0 bridgehead atoms. The number of hydrogen-bond donors (Lipinski definition) is 1. The molecule has 74 valence electrons. The molecule has 0 saturated carbocycles. The largest absolute Gasteiger partial charge is 0.333 e. The highest BCUT2D eigenvalue weighted by Crippen LogP contribution is 2.22. The van der Waals surface area contributed by atoms with E-state index in [9.17, 15) is 9.18 Å². The minimum absolute atomic E-state index is 0.0505. The predicted molar refractivity (Wildman–Crippen MR) is 50.2 cm³/mol. The second-order valence-corrected chi connectivity index (χ2v) is 3.32. The van der Waals surface area contributed by atoms with E-state index < -0.39 is 0 Å². The Balaban J connectivity index is 2.31. The molecule has 0 radical (unpaired) electrons. The molecule has 0 atom stereocenters. The van der Waals surface area contributed by atoms with Gasteiger partial charge in [0.05, 0.1) is 0 Å². The fourth-order valence-electron chi connectivity index (χ4n) is 1.69. The van der Waals surface area contributed by atoms with Crippen LogP contribution in [0.4, 0.5) is 4.39 Å². The second kappa shape index (κ2) is 3.38. The molecule has 1 aromatic rings. The Kier molecular flexibility index (Phi) is 2.21. The van der Waals surface area contributed by atoms with E-state index in [-0.39, 0.29) is 11.7 Å². The number of carbonyl (C=O) groups is 1. The van der Waals surface area contributed by atoms with E-state index >= 15 is 0 Å². The van der Waals surface area contributed by atoms with Gasteiger partial charge in [-0.1, -0.05) is 0 Å². The van der Waals surface area contributed by atoms with Gasteiger partial charge in [0, 0.05) is 25.2 Å². The van der Waals surface area contributed by atoms with Gasteiger partial charge in [-0.15, -0.1) is 0 Å². The van der Waals surface area contributed by atoms with Gasteiger partial charge in [0.2, 0.25) is 0 Å². The van der Waals surface area contributed by atoms with E-state index in [0.29, 0.717) is 25.2 Å². The van der Waals surface area contributed by atoms with E-state index in [4.69, 9.17) is 5.73 Å². The highest BCUT2D eigenvalue weighted by Gasteiger charge is 2.26. The van der Waals surface area contributed by atoms with E-state index in [1.54, 1.807) is 4.90 Å². The zero-order chi connectivity index (χ0) is 10.1. The van der Waals surface area contributed by atoms with Gasteiger partial charge < -0.3 is 10.6 Å². The average molecular weight is 194 g/mol. The summed E-state index contributed by atoms with van der Waals surface area (Å²) < 4.78 is 12.8. The summed E-state index contributed by atoms with van der Waals surface area (Å²) in [5.74, 6) is -0.350. The van der Waals surface area contributed by atoms with Crippen molar-refractivity contribution in [2.24, 2.45) is 5.73 Å². The van der Waals surface area contributed by atoms with Crippen molar-refractivity contribution >= 4 is 5.91 Å². The van der Waals surface area contributed by atoms with E-state index in [2.05, 4.69) is 0 Å². The van der Waals surface area contributed by atoms with Crippen LogP contribution in [0.1, 0.15) is 15.9 Å². The second-order valence-electron chi connectivity index (χ2n) is 3.32. The number of halogens is 1. The van der Waals surface area contributed by atoms with Crippen molar-refractivity contribution in [2.45, 2.75) is 6.54 Å². The molecular weight excluding hydrogens is 183 g/mol. The number of amides is 1. The molecule has 1 aliphatic heterocycles. The van der Waals surface area contributed by atoms with Crippen molar-refractivity contribution in [1.29, 1.82) is 0 Å². The molecule has 1 heterocycles. The van der Waals surface area contributed by atoms with Crippen LogP contribution in [0.3, 0.4) is 0 Å². The molecule has 3 nitrogen and oxygen atoms in total. The average Bonchev–Trinajstić information content (AvgIpc) is 2.44. The molecule has 2 N–H and O–H groups in total. The Morgan fingerprint density at radius 2 is 2.29 bits per heavy atom. The standard InChI is InChI=1S/C10H11FN2O/c11-8-1-2-9-7(5-8)6-13(4-3-12)10(9)14/h1-2,5H,3-4,6,12H2. The molecule has 0 aliphatic carbocycles. The minimum atomic E-state index is -0.300. The molecule has 1 aromatic carbocycles. The number of hydrogen-bond acceptors (Lipinski definition) is 2. The van der Waals surface area contributed by atoms with Gasteiger partial charge in [0.25, 0.3) is 5.91 Å². The van der Waals surface area contributed by atoms with Crippen LogP contribution < -0.4 is 5.73 Å². The van der Waals surface area contributed by atoms with Crippen molar-refractivity contribution < 1.29 is 9.18 Å². The lowest BCUT2D eigenvalue weighted by molar-refractivity contribution is 0.0783. The highest BCUT2D eigenvalue weighted by molar-refractivity contribution is 5.98. The van der Waals surface area contributed by atoms with Crippen LogP contribution >= 0.6 is 0 Å². The van der Waals surface area contributed by atoms with Crippen LogP contribution in [0.15, 0.2) is 18.2 Å². The Morgan fingerprint density at radius 3 is 3.00 bits per heavy atom. The van der Waals surface area contributed by atoms with Crippen molar-refractivity contribution in [3.8, 4) is 0 Å². The third-order valence-corrected chi connectivity index (χ3v) is 2.35. The molecule has 0 saturated heterocycles. The van der Waals surface area contributed by atoms with E-state index in [1.165, 1.54) is 18.2 Å². The third kappa shape index (κ3) is 1.37. The summed E-state index contributed by atoms with van der Waals surface area (Å²) in [4.78, 5) is 13.3. The zero-order valence-corrected chi connectivity index (χ0v) is 7.66. The number of rotatable bonds is 2. The first-order valence-electron chi connectivity index (χ1n) is 4.50. The SMILES string of the molecule is NCCN1Cc2cc(F)ccc2C1=O. The maximum absolute atomic E-state index is 12.8. The Bertz CT molecular complexity index is 378. The number of benzene rings is 1. The van der Waals surface area contributed by atoms with Crippen LogP contribution in [-0.4, -0.2) is 23.9 Å². The fourth-order valence-corrected chi connectivity index (χ4v) is 1.69. The normalized spacial score (nSPS) is 14.7. The van der Waals surface area contributed by atoms with Crippen molar-refractivity contribution in [3.63, 3.8) is 0 Å². The lowest BCUT2D eigenvalue weighted by Crippen LogP contribution is -2.29. The van der Waals surface area contributed by atoms with Gasteiger partial charge in [-0.25, -0.2) is 4.39 Å². The molecule has 0 aromatic heterocycles. The van der Waals surface area contributed by atoms with Crippen LogP contribution in [0.5, 0.6) is 0 Å². The molecular formula is C10H11FN2O. The van der Waals surface area contributed by atoms with Crippen LogP contribution in [-0.2, 0) is 6.54 Å².